The predicted octanol–water partition coefficient (Wildman–Crippen LogP) is -0.476. The van der Waals surface area contributed by atoms with Gasteiger partial charge in [-0.2, -0.15) is 0 Å². The number of ether oxygens (including phenoxy) is 1. The summed E-state index contributed by atoms with van der Waals surface area (Å²) in [5, 5.41) is 0. The van der Waals surface area contributed by atoms with Gasteiger partial charge in [-0.05, 0) is 18.6 Å². The van der Waals surface area contributed by atoms with Crippen molar-refractivity contribution in [2.75, 3.05) is 6.61 Å². The van der Waals surface area contributed by atoms with E-state index in [-0.39, 0.29) is 20.3 Å². The molecule has 0 heterocycles. The largest absolute Gasteiger partial charge is 1.00 e. The van der Waals surface area contributed by atoms with Crippen LogP contribution in [0.4, 0.5) is 0 Å². The van der Waals surface area contributed by atoms with Gasteiger partial charge < -0.3 is 6.16 Å². The first kappa shape index (κ1) is 13.4. The van der Waals surface area contributed by atoms with E-state index in [9.17, 15) is 0 Å². The molecule has 0 fully saturated rings. The van der Waals surface area contributed by atoms with E-state index in [1.165, 1.54) is 12.8 Å². The Hall–Kier alpha value is 0.837. The van der Waals surface area contributed by atoms with Crippen molar-refractivity contribution >= 4 is 29.2 Å². The van der Waals surface area contributed by atoms with Crippen LogP contribution in [-0.4, -0.2) is 11.0 Å². The maximum atomic E-state index is 4.94. The van der Waals surface area contributed by atoms with E-state index in [0.717, 1.165) is 13.0 Å². The molecule has 0 rings (SSSR count). The van der Waals surface area contributed by atoms with Crippen LogP contribution in [0, 0.1) is 0 Å². The first-order chi connectivity index (χ1) is 4.27. The van der Waals surface area contributed by atoms with E-state index >= 15 is 0 Å². The average molecular weight is 172 g/mol. The summed E-state index contributed by atoms with van der Waals surface area (Å²) >= 11 is 8.40. The first-order valence-corrected chi connectivity index (χ1v) is 3.98. The fourth-order valence-corrected chi connectivity index (χ4v) is 0.686. The van der Waals surface area contributed by atoms with E-state index in [1.54, 1.807) is 0 Å². The maximum absolute atomic E-state index is 4.94. The van der Waals surface area contributed by atoms with Gasteiger partial charge in [0.2, 0.25) is 4.38 Å². The van der Waals surface area contributed by atoms with Crippen molar-refractivity contribution < 1.29 is 25.0 Å². The third kappa shape index (κ3) is 11.6. The number of hydrogen-bond donors (Lipinski definition) is 1. The molecule has 0 amide bonds. The van der Waals surface area contributed by atoms with Crippen LogP contribution in [0.15, 0.2) is 0 Å². The molecule has 0 saturated heterocycles. The van der Waals surface area contributed by atoms with Crippen LogP contribution in [0.2, 0.25) is 0 Å². The monoisotopic (exact) mass is 172 g/mol. The van der Waals surface area contributed by atoms with Crippen LogP contribution in [-0.2, 0) is 4.74 Å². The van der Waals surface area contributed by atoms with E-state index in [2.05, 4.69) is 31.8 Å². The van der Waals surface area contributed by atoms with Crippen LogP contribution >= 0.6 is 24.8 Å². The Kier molecular flexibility index (Phi) is 13.2. The summed E-state index contributed by atoms with van der Waals surface area (Å²) in [6, 6.07) is 0. The number of unbranched alkanes of at least 4 members (excludes halogenated alkanes) is 2. The van der Waals surface area contributed by atoms with E-state index in [1.807, 2.05) is 0 Å². The molecule has 0 N–H and O–H groups in total. The molecule has 1 nitrogen and oxygen atoms in total. The normalized spacial score (nSPS) is 8.20. The topological polar surface area (TPSA) is 9.23 Å². The van der Waals surface area contributed by atoms with E-state index in [4.69, 9.17) is 4.74 Å². The van der Waals surface area contributed by atoms with Crippen molar-refractivity contribution in [2.45, 2.75) is 26.2 Å². The minimum atomic E-state index is 0. The smallest absolute Gasteiger partial charge is 1.00 e. The second-order valence-electron chi connectivity index (χ2n) is 1.82. The van der Waals surface area contributed by atoms with Gasteiger partial charge in [0.05, 0.1) is 6.61 Å². The molecule has 0 aliphatic rings. The minimum Gasteiger partial charge on any atom is -1.00 e. The second-order valence-corrected chi connectivity index (χ2v) is 2.90. The molecule has 0 radical (unpaired) electrons. The molecule has 0 atom stereocenters. The molecule has 0 aromatic heterocycles. The summed E-state index contributed by atoms with van der Waals surface area (Å²) in [6.45, 7) is 2.87. The van der Waals surface area contributed by atoms with Crippen LogP contribution in [0.3, 0.4) is 0 Å². The molecular weight excluding hydrogens is 159 g/mol. The molecule has 0 aliphatic heterocycles. The van der Waals surface area contributed by atoms with E-state index in [0.29, 0.717) is 4.38 Å². The second kappa shape index (κ2) is 9.84. The Morgan fingerprint density at radius 2 is 2.20 bits per heavy atom. The van der Waals surface area contributed by atoms with E-state index < -0.39 is 0 Å². The van der Waals surface area contributed by atoms with Crippen LogP contribution < -0.4 is 18.9 Å². The van der Waals surface area contributed by atoms with Gasteiger partial charge in [-0.25, -0.2) is 0 Å². The van der Waals surface area contributed by atoms with Gasteiger partial charge in [0.25, 0.3) is 0 Å². The van der Waals surface area contributed by atoms with Crippen molar-refractivity contribution in [3.8, 4) is 0 Å². The summed E-state index contributed by atoms with van der Waals surface area (Å²) in [7, 11) is 0. The van der Waals surface area contributed by atoms with Gasteiger partial charge in [-0.3, -0.25) is 0 Å². The summed E-state index contributed by atoms with van der Waals surface area (Å²) in [5.74, 6) is 0. The molecule has 0 unspecified atom stereocenters. The zero-order chi connectivity index (χ0) is 7.11. The summed E-state index contributed by atoms with van der Waals surface area (Å²) in [6.07, 6.45) is 3.50. The molecule has 0 spiro atoms. The molecule has 56 valence electrons. The Morgan fingerprint density at radius 1 is 1.60 bits per heavy atom. The molecule has 0 aliphatic carbocycles. The Balaban J connectivity index is -0.000000320. The number of hydrogen-bond acceptors (Lipinski definition) is 2. The maximum Gasteiger partial charge on any atom is 1.00 e. The van der Waals surface area contributed by atoms with Crippen LogP contribution in [0.5, 0.6) is 0 Å². The molecule has 0 bridgehead atoms. The predicted molar refractivity (Wildman–Crippen MR) is 48.2 cm³/mol. The molecule has 0 aromatic rings. The SMILES string of the molecule is CCCCCOC(=S)S.[H-].[Li+]. The van der Waals surface area contributed by atoms with Gasteiger partial charge in [0, 0.05) is 0 Å². The standard InChI is InChI=1S/C6H12OS2.Li.H/c1-2-3-4-5-7-6(8)9;;/h2-5H2,1H3,(H,8,9);;/q;+1;-1. The Labute approximate surface area is 87.0 Å². The Bertz CT molecular complexity index is 92.7. The van der Waals surface area contributed by atoms with Gasteiger partial charge in [0.15, 0.2) is 0 Å². The summed E-state index contributed by atoms with van der Waals surface area (Å²) < 4.78 is 5.29. The zero-order valence-electron chi connectivity index (χ0n) is 7.59. The third-order valence-corrected chi connectivity index (χ3v) is 1.22. The first-order valence-electron chi connectivity index (χ1n) is 3.13. The Morgan fingerprint density at radius 3 is 2.60 bits per heavy atom. The zero-order valence-corrected chi connectivity index (χ0v) is 8.30. The number of thiocarbonyl (C=S) groups is 1. The van der Waals surface area contributed by atoms with Crippen molar-refractivity contribution in [1.29, 1.82) is 0 Å². The fourth-order valence-electron chi connectivity index (χ4n) is 0.512. The molecule has 0 saturated carbocycles. The molecule has 4 heteroatoms. The van der Waals surface area contributed by atoms with Gasteiger partial charge in [-0.15, -0.1) is 0 Å². The van der Waals surface area contributed by atoms with Crippen LogP contribution in [0.25, 0.3) is 0 Å². The van der Waals surface area contributed by atoms with Crippen molar-refractivity contribution in [1.82, 2.24) is 0 Å². The molecular formula is C6H13LiOS2. The van der Waals surface area contributed by atoms with Crippen LogP contribution in [0.1, 0.15) is 27.6 Å². The summed E-state index contributed by atoms with van der Waals surface area (Å²) in [4.78, 5) is 0. The van der Waals surface area contributed by atoms with Crippen molar-refractivity contribution in [3.05, 3.63) is 0 Å². The average Bonchev–Trinajstić information content (AvgIpc) is 1.80. The number of rotatable bonds is 4. The molecule has 10 heavy (non-hydrogen) atoms. The number of thiol groups is 1. The minimum absolute atomic E-state index is 0. The quantitative estimate of drug-likeness (QED) is 0.265. The summed E-state index contributed by atoms with van der Waals surface area (Å²) in [5.41, 5.74) is 0. The van der Waals surface area contributed by atoms with Gasteiger partial charge >= 0.3 is 18.9 Å². The third-order valence-electron chi connectivity index (χ3n) is 0.973. The molecule has 0 aromatic carbocycles. The van der Waals surface area contributed by atoms with Crippen molar-refractivity contribution in [3.63, 3.8) is 0 Å². The van der Waals surface area contributed by atoms with Crippen molar-refractivity contribution in [2.24, 2.45) is 0 Å². The van der Waals surface area contributed by atoms with Gasteiger partial charge in [-0.1, -0.05) is 32.4 Å². The fraction of sp³-hybridized carbons (Fsp3) is 0.833. The van der Waals surface area contributed by atoms with Gasteiger partial charge in [0.1, 0.15) is 0 Å².